The molecule has 5 nitrogen and oxygen atoms in total. The maximum Gasteiger partial charge on any atom is 0.282 e. The molecule has 1 atom stereocenters. The highest BCUT2D eigenvalue weighted by molar-refractivity contribution is 9.10. The molecular weight excluding hydrogens is 284 g/mol. The first-order valence-corrected chi connectivity index (χ1v) is 6.64. The lowest BCUT2D eigenvalue weighted by molar-refractivity contribution is 0.393. The fraction of sp³-hybridized carbons (Fsp3) is 0.636. The molecule has 1 fully saturated rings. The van der Waals surface area contributed by atoms with Crippen LogP contribution in [-0.4, -0.2) is 29.4 Å². The lowest BCUT2D eigenvalue weighted by Crippen LogP contribution is -2.34. The average Bonchev–Trinajstić information content (AvgIpc) is 2.36. The Kier molecular flexibility index (Phi) is 4.17. The smallest absolute Gasteiger partial charge is 0.282 e. The van der Waals surface area contributed by atoms with E-state index in [0.29, 0.717) is 10.4 Å². The Hall–Kier alpha value is -0.880. The maximum absolute atomic E-state index is 11.6. The van der Waals surface area contributed by atoms with Gasteiger partial charge in [0.05, 0.1) is 11.9 Å². The van der Waals surface area contributed by atoms with Crippen molar-refractivity contribution in [1.82, 2.24) is 15.1 Å². The van der Waals surface area contributed by atoms with Crippen LogP contribution in [0.4, 0.5) is 5.69 Å². The van der Waals surface area contributed by atoms with Crippen molar-refractivity contribution >= 4 is 21.6 Å². The van der Waals surface area contributed by atoms with Crippen LogP contribution in [-0.2, 0) is 7.05 Å². The fourth-order valence-corrected chi connectivity index (χ4v) is 2.49. The Morgan fingerprint density at radius 1 is 1.71 bits per heavy atom. The number of anilines is 1. The van der Waals surface area contributed by atoms with E-state index in [9.17, 15) is 4.79 Å². The first-order valence-electron chi connectivity index (χ1n) is 5.85. The van der Waals surface area contributed by atoms with Gasteiger partial charge in [0.1, 0.15) is 4.47 Å². The van der Waals surface area contributed by atoms with Crippen LogP contribution in [0.5, 0.6) is 0 Å². The van der Waals surface area contributed by atoms with Crippen molar-refractivity contribution in [3.63, 3.8) is 0 Å². The van der Waals surface area contributed by atoms with E-state index in [4.69, 9.17) is 0 Å². The van der Waals surface area contributed by atoms with Gasteiger partial charge in [0.2, 0.25) is 0 Å². The van der Waals surface area contributed by atoms with Crippen LogP contribution in [0.1, 0.15) is 12.8 Å². The van der Waals surface area contributed by atoms with Crippen LogP contribution in [0.3, 0.4) is 0 Å². The third-order valence-electron chi connectivity index (χ3n) is 3.06. The predicted octanol–water partition coefficient (Wildman–Crippen LogP) is 0.954. The molecule has 0 unspecified atom stereocenters. The van der Waals surface area contributed by atoms with Crippen LogP contribution in [0.2, 0.25) is 0 Å². The number of rotatable bonds is 3. The molecular formula is C11H17BrN4O. The molecule has 1 aliphatic rings. The zero-order chi connectivity index (χ0) is 12.3. The second kappa shape index (κ2) is 5.64. The Labute approximate surface area is 109 Å². The molecule has 0 radical (unpaired) electrons. The summed E-state index contributed by atoms with van der Waals surface area (Å²) in [6, 6.07) is 0. The van der Waals surface area contributed by atoms with Crippen molar-refractivity contribution < 1.29 is 0 Å². The highest BCUT2D eigenvalue weighted by Gasteiger charge is 2.13. The number of nitrogens with zero attached hydrogens (tertiary/aromatic N) is 2. The SMILES string of the molecule is Cn1ncc(NC[C@@H]2CCCNC2)c(Br)c1=O. The summed E-state index contributed by atoms with van der Waals surface area (Å²) in [5.74, 6) is 0.625. The molecule has 0 amide bonds. The van der Waals surface area contributed by atoms with Crippen molar-refractivity contribution in [1.29, 1.82) is 0 Å². The summed E-state index contributed by atoms with van der Waals surface area (Å²) in [7, 11) is 1.64. The number of nitrogens with one attached hydrogen (secondary N) is 2. The van der Waals surface area contributed by atoms with Crippen molar-refractivity contribution in [3.05, 3.63) is 21.0 Å². The number of aryl methyl sites for hydroxylation is 1. The van der Waals surface area contributed by atoms with Gasteiger partial charge in [0.15, 0.2) is 0 Å². The van der Waals surface area contributed by atoms with Gasteiger partial charge in [0, 0.05) is 13.6 Å². The fourth-order valence-electron chi connectivity index (χ4n) is 1.99. The van der Waals surface area contributed by atoms with E-state index >= 15 is 0 Å². The van der Waals surface area contributed by atoms with E-state index in [1.54, 1.807) is 13.2 Å². The molecule has 94 valence electrons. The normalized spacial score (nSPS) is 20.2. The monoisotopic (exact) mass is 300 g/mol. The summed E-state index contributed by atoms with van der Waals surface area (Å²) in [5.41, 5.74) is 0.662. The van der Waals surface area contributed by atoms with Gasteiger partial charge in [-0.25, -0.2) is 4.68 Å². The van der Waals surface area contributed by atoms with E-state index in [2.05, 4.69) is 31.7 Å². The van der Waals surface area contributed by atoms with Gasteiger partial charge in [-0.1, -0.05) is 0 Å². The van der Waals surface area contributed by atoms with E-state index in [-0.39, 0.29) is 5.56 Å². The zero-order valence-electron chi connectivity index (χ0n) is 9.87. The lowest BCUT2D eigenvalue weighted by Gasteiger charge is -2.23. The maximum atomic E-state index is 11.6. The molecule has 2 rings (SSSR count). The summed E-state index contributed by atoms with van der Waals surface area (Å²) in [6.45, 7) is 3.04. The number of hydrogen-bond acceptors (Lipinski definition) is 4. The zero-order valence-corrected chi connectivity index (χ0v) is 11.5. The van der Waals surface area contributed by atoms with Crippen LogP contribution in [0, 0.1) is 5.92 Å². The molecule has 17 heavy (non-hydrogen) atoms. The molecule has 0 spiro atoms. The van der Waals surface area contributed by atoms with Gasteiger partial charge in [-0.3, -0.25) is 4.79 Å². The number of piperidine rings is 1. The van der Waals surface area contributed by atoms with Crippen molar-refractivity contribution in [2.45, 2.75) is 12.8 Å². The molecule has 1 aliphatic heterocycles. The lowest BCUT2D eigenvalue weighted by atomic mass is 10.00. The molecule has 0 saturated carbocycles. The average molecular weight is 301 g/mol. The Morgan fingerprint density at radius 3 is 3.24 bits per heavy atom. The number of halogens is 1. The Bertz CT molecular complexity index is 440. The van der Waals surface area contributed by atoms with Crippen molar-refractivity contribution in [2.75, 3.05) is 25.0 Å². The number of aromatic nitrogens is 2. The van der Waals surface area contributed by atoms with Crippen molar-refractivity contribution in [2.24, 2.45) is 13.0 Å². The highest BCUT2D eigenvalue weighted by Crippen LogP contribution is 2.17. The summed E-state index contributed by atoms with van der Waals surface area (Å²) in [6.07, 6.45) is 4.14. The Morgan fingerprint density at radius 2 is 2.53 bits per heavy atom. The molecule has 6 heteroatoms. The highest BCUT2D eigenvalue weighted by atomic mass is 79.9. The summed E-state index contributed by atoms with van der Waals surface area (Å²) in [4.78, 5) is 11.6. The van der Waals surface area contributed by atoms with Gasteiger partial charge in [-0.2, -0.15) is 5.10 Å². The molecule has 2 N–H and O–H groups in total. The minimum Gasteiger partial charge on any atom is -0.382 e. The number of hydrogen-bond donors (Lipinski definition) is 2. The molecule has 1 aromatic heterocycles. The predicted molar refractivity (Wildman–Crippen MR) is 71.3 cm³/mol. The molecule has 2 heterocycles. The van der Waals surface area contributed by atoms with Crippen LogP contribution < -0.4 is 16.2 Å². The van der Waals surface area contributed by atoms with Crippen LogP contribution >= 0.6 is 15.9 Å². The third kappa shape index (κ3) is 3.07. The van der Waals surface area contributed by atoms with Gasteiger partial charge < -0.3 is 10.6 Å². The summed E-state index contributed by atoms with van der Waals surface area (Å²) < 4.78 is 1.87. The quantitative estimate of drug-likeness (QED) is 0.873. The van der Waals surface area contributed by atoms with Crippen LogP contribution in [0.25, 0.3) is 0 Å². The molecule has 1 saturated heterocycles. The van der Waals surface area contributed by atoms with E-state index in [0.717, 1.165) is 25.3 Å². The summed E-state index contributed by atoms with van der Waals surface area (Å²) >= 11 is 3.30. The minimum atomic E-state index is -0.114. The Balaban J connectivity index is 1.99. The second-order valence-corrected chi connectivity index (χ2v) is 5.19. The van der Waals surface area contributed by atoms with Crippen LogP contribution in [0.15, 0.2) is 15.5 Å². The van der Waals surface area contributed by atoms with Gasteiger partial charge in [0.25, 0.3) is 5.56 Å². The molecule has 0 bridgehead atoms. The second-order valence-electron chi connectivity index (χ2n) is 4.39. The van der Waals surface area contributed by atoms with Gasteiger partial charge in [-0.15, -0.1) is 0 Å². The van der Waals surface area contributed by atoms with E-state index < -0.39 is 0 Å². The molecule has 0 aromatic carbocycles. The minimum absolute atomic E-state index is 0.114. The largest absolute Gasteiger partial charge is 0.382 e. The molecule has 1 aromatic rings. The first-order chi connectivity index (χ1) is 8.18. The molecule has 0 aliphatic carbocycles. The van der Waals surface area contributed by atoms with E-state index in [1.807, 2.05) is 0 Å². The topological polar surface area (TPSA) is 59.0 Å². The van der Waals surface area contributed by atoms with E-state index in [1.165, 1.54) is 17.5 Å². The van der Waals surface area contributed by atoms with Gasteiger partial charge in [-0.05, 0) is 47.8 Å². The first kappa shape index (κ1) is 12.6. The van der Waals surface area contributed by atoms with Gasteiger partial charge >= 0.3 is 0 Å². The third-order valence-corrected chi connectivity index (χ3v) is 3.82. The summed E-state index contributed by atoms with van der Waals surface area (Å²) in [5, 5.41) is 10.7. The van der Waals surface area contributed by atoms with Crippen molar-refractivity contribution in [3.8, 4) is 0 Å². The standard InChI is InChI=1S/C11H17BrN4O/c1-16-11(17)10(12)9(7-15-16)14-6-8-3-2-4-13-5-8/h7-8,13-14H,2-6H2,1H3/t8-/m1/s1.